The summed E-state index contributed by atoms with van der Waals surface area (Å²) in [5.74, 6) is 2.66. The molecule has 3 heteroatoms. The molecule has 2 fully saturated rings. The maximum Gasteiger partial charge on any atom is 0.0275 e. The SMILES string of the molecule is C1CN(N2CC2)CCS1. The van der Waals surface area contributed by atoms with Crippen LogP contribution in [0.4, 0.5) is 0 Å². The van der Waals surface area contributed by atoms with Crippen molar-refractivity contribution in [1.82, 2.24) is 10.0 Å². The molecule has 9 heavy (non-hydrogen) atoms. The number of hydrogen-bond donors (Lipinski definition) is 0. The Morgan fingerprint density at radius 3 is 1.89 bits per heavy atom. The van der Waals surface area contributed by atoms with Gasteiger partial charge in [-0.15, -0.1) is 0 Å². The molecule has 52 valence electrons. The van der Waals surface area contributed by atoms with Crippen molar-refractivity contribution in [2.45, 2.75) is 0 Å². The van der Waals surface area contributed by atoms with E-state index in [4.69, 9.17) is 0 Å². The smallest absolute Gasteiger partial charge is 0.0275 e. The van der Waals surface area contributed by atoms with Gasteiger partial charge in [-0.05, 0) is 0 Å². The molecule has 2 heterocycles. The number of rotatable bonds is 1. The average molecular weight is 144 g/mol. The summed E-state index contributed by atoms with van der Waals surface area (Å²) in [6.07, 6.45) is 0. The van der Waals surface area contributed by atoms with Crippen molar-refractivity contribution < 1.29 is 0 Å². The molecule has 0 saturated carbocycles. The second kappa shape index (κ2) is 2.48. The van der Waals surface area contributed by atoms with Gasteiger partial charge in [-0.3, -0.25) is 0 Å². The fourth-order valence-corrected chi connectivity index (χ4v) is 2.05. The summed E-state index contributed by atoms with van der Waals surface area (Å²) in [4.78, 5) is 0. The van der Waals surface area contributed by atoms with Crippen molar-refractivity contribution in [1.29, 1.82) is 0 Å². The predicted molar refractivity (Wildman–Crippen MR) is 40.5 cm³/mol. The lowest BCUT2D eigenvalue weighted by molar-refractivity contribution is 0.103. The molecular formula is C6H12N2S. The van der Waals surface area contributed by atoms with Crippen LogP contribution in [0.5, 0.6) is 0 Å². The van der Waals surface area contributed by atoms with Gasteiger partial charge in [0.2, 0.25) is 0 Å². The van der Waals surface area contributed by atoms with E-state index in [9.17, 15) is 0 Å². The molecule has 0 aliphatic carbocycles. The molecule has 2 aliphatic rings. The van der Waals surface area contributed by atoms with Crippen LogP contribution in [-0.2, 0) is 0 Å². The Bertz CT molecular complexity index is 97.2. The van der Waals surface area contributed by atoms with Crippen LogP contribution in [0.3, 0.4) is 0 Å². The third-order valence-corrected chi connectivity index (χ3v) is 2.75. The number of nitrogens with zero attached hydrogens (tertiary/aromatic N) is 2. The maximum atomic E-state index is 2.48. The van der Waals surface area contributed by atoms with Gasteiger partial charge >= 0.3 is 0 Å². The largest absolute Gasteiger partial charge is 0.240 e. The molecule has 0 N–H and O–H groups in total. The quantitative estimate of drug-likeness (QED) is 0.488. The molecule has 2 aliphatic heterocycles. The first kappa shape index (κ1) is 6.01. The summed E-state index contributed by atoms with van der Waals surface area (Å²) in [5, 5.41) is 4.91. The number of hydrogen-bond acceptors (Lipinski definition) is 3. The average Bonchev–Trinajstić information content (AvgIpc) is 2.71. The van der Waals surface area contributed by atoms with Crippen LogP contribution in [0, 0.1) is 0 Å². The van der Waals surface area contributed by atoms with Crippen LogP contribution in [0.15, 0.2) is 0 Å². The fraction of sp³-hybridized carbons (Fsp3) is 1.00. The second-order valence-electron chi connectivity index (χ2n) is 2.52. The molecule has 2 saturated heterocycles. The molecule has 0 atom stereocenters. The third kappa shape index (κ3) is 1.39. The highest BCUT2D eigenvalue weighted by Crippen LogP contribution is 2.15. The minimum absolute atomic E-state index is 1.28. The van der Waals surface area contributed by atoms with Crippen LogP contribution in [0.2, 0.25) is 0 Å². The molecule has 0 bridgehead atoms. The molecule has 2 nitrogen and oxygen atoms in total. The predicted octanol–water partition coefficient (Wildman–Crippen LogP) is 0.266. The van der Waals surface area contributed by atoms with E-state index in [1.807, 2.05) is 0 Å². The van der Waals surface area contributed by atoms with Gasteiger partial charge in [0.25, 0.3) is 0 Å². The Morgan fingerprint density at radius 1 is 0.778 bits per heavy atom. The van der Waals surface area contributed by atoms with Crippen molar-refractivity contribution >= 4 is 11.8 Å². The molecule has 0 unspecified atom stereocenters. The second-order valence-corrected chi connectivity index (χ2v) is 3.74. The van der Waals surface area contributed by atoms with E-state index < -0.39 is 0 Å². The lowest BCUT2D eigenvalue weighted by Gasteiger charge is -2.26. The van der Waals surface area contributed by atoms with Gasteiger partial charge in [-0.1, -0.05) is 0 Å². The first-order valence-corrected chi connectivity index (χ1v) is 4.70. The zero-order chi connectivity index (χ0) is 6.10. The van der Waals surface area contributed by atoms with E-state index in [2.05, 4.69) is 21.8 Å². The fourth-order valence-electron chi connectivity index (χ4n) is 1.16. The summed E-state index contributed by atoms with van der Waals surface area (Å²) < 4.78 is 0. The van der Waals surface area contributed by atoms with Crippen molar-refractivity contribution in [2.24, 2.45) is 0 Å². The first-order chi connectivity index (χ1) is 4.47. The van der Waals surface area contributed by atoms with Crippen molar-refractivity contribution in [3.05, 3.63) is 0 Å². The highest BCUT2D eigenvalue weighted by molar-refractivity contribution is 7.99. The van der Waals surface area contributed by atoms with Crippen LogP contribution in [0.25, 0.3) is 0 Å². The van der Waals surface area contributed by atoms with Gasteiger partial charge in [0, 0.05) is 37.7 Å². The highest BCUT2D eigenvalue weighted by Gasteiger charge is 2.25. The maximum absolute atomic E-state index is 2.48. The summed E-state index contributed by atoms with van der Waals surface area (Å²) in [6.45, 7) is 5.19. The monoisotopic (exact) mass is 144 g/mol. The van der Waals surface area contributed by atoms with Crippen molar-refractivity contribution in [2.75, 3.05) is 37.7 Å². The van der Waals surface area contributed by atoms with Gasteiger partial charge in [-0.25, -0.2) is 10.0 Å². The van der Waals surface area contributed by atoms with Crippen LogP contribution in [0.1, 0.15) is 0 Å². The summed E-state index contributed by atoms with van der Waals surface area (Å²) in [5.41, 5.74) is 0. The van der Waals surface area contributed by atoms with E-state index in [0.29, 0.717) is 0 Å². The molecule has 0 aromatic carbocycles. The van der Waals surface area contributed by atoms with Gasteiger partial charge in [0.15, 0.2) is 0 Å². The van der Waals surface area contributed by atoms with Gasteiger partial charge < -0.3 is 0 Å². The van der Waals surface area contributed by atoms with Gasteiger partial charge in [-0.2, -0.15) is 11.8 Å². The van der Waals surface area contributed by atoms with Crippen LogP contribution in [-0.4, -0.2) is 47.7 Å². The minimum Gasteiger partial charge on any atom is -0.240 e. The van der Waals surface area contributed by atoms with Crippen LogP contribution >= 0.6 is 11.8 Å². The summed E-state index contributed by atoms with van der Waals surface area (Å²) in [7, 11) is 0. The zero-order valence-corrected chi connectivity index (χ0v) is 6.36. The Labute approximate surface area is 60.2 Å². The molecular weight excluding hydrogens is 132 g/mol. The van der Waals surface area contributed by atoms with E-state index >= 15 is 0 Å². The topological polar surface area (TPSA) is 6.25 Å². The minimum atomic E-state index is 1.28. The lowest BCUT2D eigenvalue weighted by atomic mass is 10.6. The molecule has 2 rings (SSSR count). The molecule has 0 radical (unpaired) electrons. The molecule has 0 aromatic rings. The van der Waals surface area contributed by atoms with E-state index in [0.717, 1.165) is 0 Å². The summed E-state index contributed by atoms with van der Waals surface area (Å²) >= 11 is 2.08. The van der Waals surface area contributed by atoms with Crippen molar-refractivity contribution in [3.63, 3.8) is 0 Å². The Kier molecular flexibility index (Phi) is 1.66. The summed E-state index contributed by atoms with van der Waals surface area (Å²) in [6, 6.07) is 0. The Balaban J connectivity index is 1.80. The van der Waals surface area contributed by atoms with Crippen molar-refractivity contribution in [3.8, 4) is 0 Å². The highest BCUT2D eigenvalue weighted by atomic mass is 32.2. The lowest BCUT2D eigenvalue weighted by Crippen LogP contribution is -2.36. The molecule has 0 aromatic heterocycles. The van der Waals surface area contributed by atoms with E-state index in [-0.39, 0.29) is 0 Å². The Hall–Kier alpha value is 0.270. The first-order valence-electron chi connectivity index (χ1n) is 3.54. The third-order valence-electron chi connectivity index (χ3n) is 1.81. The molecule has 0 amide bonds. The Morgan fingerprint density at radius 2 is 1.33 bits per heavy atom. The molecule has 0 spiro atoms. The van der Waals surface area contributed by atoms with E-state index in [1.165, 1.54) is 37.7 Å². The van der Waals surface area contributed by atoms with Gasteiger partial charge in [0.1, 0.15) is 0 Å². The standard InChI is InChI=1S/C6H12N2S/c1-2-7(1)8-3-5-9-6-4-8/h1-6H2. The normalized spacial score (nSPS) is 30.7. The van der Waals surface area contributed by atoms with E-state index in [1.54, 1.807) is 0 Å². The number of hydrazine groups is 1. The van der Waals surface area contributed by atoms with Gasteiger partial charge in [0.05, 0.1) is 0 Å². The number of thioether (sulfide) groups is 1. The zero-order valence-electron chi connectivity index (χ0n) is 5.55. The van der Waals surface area contributed by atoms with Crippen LogP contribution < -0.4 is 0 Å².